The molecule has 0 atom stereocenters. The molecule has 1 heterocycles. The van der Waals surface area contributed by atoms with Crippen LogP contribution in [0.15, 0.2) is 18.3 Å². The number of hydroxylamine groups is 1. The number of aryl methyl sites for hydroxylation is 1. The van der Waals surface area contributed by atoms with Gasteiger partial charge in [-0.15, -0.1) is 0 Å². The van der Waals surface area contributed by atoms with Gasteiger partial charge in [0.25, 0.3) is 0 Å². The highest BCUT2D eigenvalue weighted by Gasteiger charge is 1.97. The molecule has 0 aromatic carbocycles. The molecule has 0 saturated carbocycles. The van der Waals surface area contributed by atoms with Gasteiger partial charge in [0.05, 0.1) is 13.7 Å². The standard InChI is InChI=1S/C9H16N2O/c1-3-6-11-7-4-5-9(11)8-10-12-2/h4-5,7,10H,3,6,8H2,1-2H3. The highest BCUT2D eigenvalue weighted by atomic mass is 16.6. The number of hydrogen-bond acceptors (Lipinski definition) is 2. The van der Waals surface area contributed by atoms with Gasteiger partial charge in [0.2, 0.25) is 0 Å². The lowest BCUT2D eigenvalue weighted by molar-refractivity contribution is 0.0850. The van der Waals surface area contributed by atoms with Crippen LogP contribution in [0, 0.1) is 0 Å². The topological polar surface area (TPSA) is 26.2 Å². The predicted octanol–water partition coefficient (Wildman–Crippen LogP) is 1.55. The van der Waals surface area contributed by atoms with Crippen LogP contribution in [0.2, 0.25) is 0 Å². The van der Waals surface area contributed by atoms with E-state index in [1.54, 1.807) is 7.11 Å². The van der Waals surface area contributed by atoms with Gasteiger partial charge in [0.15, 0.2) is 0 Å². The number of nitrogens with one attached hydrogen (secondary N) is 1. The molecule has 0 saturated heterocycles. The van der Waals surface area contributed by atoms with Gasteiger partial charge in [-0.25, -0.2) is 0 Å². The second-order valence-corrected chi connectivity index (χ2v) is 2.72. The van der Waals surface area contributed by atoms with Gasteiger partial charge >= 0.3 is 0 Å². The van der Waals surface area contributed by atoms with Crippen LogP contribution in [-0.2, 0) is 17.9 Å². The molecule has 3 heteroatoms. The maximum absolute atomic E-state index is 4.78. The van der Waals surface area contributed by atoms with Crippen molar-refractivity contribution in [1.29, 1.82) is 0 Å². The smallest absolute Gasteiger partial charge is 0.0613 e. The van der Waals surface area contributed by atoms with E-state index in [1.807, 2.05) is 0 Å². The predicted molar refractivity (Wildman–Crippen MR) is 48.6 cm³/mol. The van der Waals surface area contributed by atoms with E-state index in [4.69, 9.17) is 4.84 Å². The summed E-state index contributed by atoms with van der Waals surface area (Å²) in [6, 6.07) is 4.16. The summed E-state index contributed by atoms with van der Waals surface area (Å²) in [6.07, 6.45) is 3.25. The zero-order valence-corrected chi connectivity index (χ0v) is 7.71. The molecule has 3 nitrogen and oxygen atoms in total. The van der Waals surface area contributed by atoms with E-state index >= 15 is 0 Å². The van der Waals surface area contributed by atoms with Crippen molar-refractivity contribution in [3.8, 4) is 0 Å². The molecule has 0 aliphatic carbocycles. The zero-order valence-electron chi connectivity index (χ0n) is 7.71. The SMILES string of the molecule is CCCn1cccc1CNOC. The highest BCUT2D eigenvalue weighted by molar-refractivity contribution is 5.06. The second kappa shape index (κ2) is 4.95. The molecule has 0 spiro atoms. The van der Waals surface area contributed by atoms with Crippen LogP contribution in [0.1, 0.15) is 19.0 Å². The van der Waals surface area contributed by atoms with Crippen molar-refractivity contribution >= 4 is 0 Å². The van der Waals surface area contributed by atoms with Crippen molar-refractivity contribution in [3.05, 3.63) is 24.0 Å². The van der Waals surface area contributed by atoms with Crippen molar-refractivity contribution in [3.63, 3.8) is 0 Å². The Morgan fingerprint density at radius 2 is 2.42 bits per heavy atom. The summed E-state index contributed by atoms with van der Waals surface area (Å²) in [4.78, 5) is 4.78. The number of rotatable bonds is 5. The lowest BCUT2D eigenvalue weighted by atomic mass is 10.4. The molecule has 1 aromatic heterocycles. The maximum Gasteiger partial charge on any atom is 0.0613 e. The first-order valence-corrected chi connectivity index (χ1v) is 4.28. The molecule has 0 aliphatic rings. The maximum atomic E-state index is 4.78. The number of hydrogen-bond donors (Lipinski definition) is 1. The van der Waals surface area contributed by atoms with Crippen LogP contribution in [0.4, 0.5) is 0 Å². The Morgan fingerprint density at radius 1 is 1.58 bits per heavy atom. The number of aromatic nitrogens is 1. The number of nitrogens with zero attached hydrogens (tertiary/aromatic N) is 1. The van der Waals surface area contributed by atoms with Gasteiger partial charge in [0.1, 0.15) is 0 Å². The molecule has 1 rings (SSSR count). The van der Waals surface area contributed by atoms with Crippen molar-refractivity contribution in [2.24, 2.45) is 0 Å². The average molecular weight is 168 g/mol. The van der Waals surface area contributed by atoms with Gasteiger partial charge < -0.3 is 9.40 Å². The molecule has 0 amide bonds. The van der Waals surface area contributed by atoms with Crippen LogP contribution in [0.25, 0.3) is 0 Å². The van der Waals surface area contributed by atoms with Gasteiger partial charge in [-0.05, 0) is 18.6 Å². The van der Waals surface area contributed by atoms with E-state index in [0.29, 0.717) is 0 Å². The summed E-state index contributed by atoms with van der Waals surface area (Å²) < 4.78 is 2.23. The fourth-order valence-electron chi connectivity index (χ4n) is 1.22. The molecule has 68 valence electrons. The Kier molecular flexibility index (Phi) is 3.84. The molecule has 0 radical (unpaired) electrons. The molecule has 1 N–H and O–H groups in total. The molecular formula is C9H16N2O. The van der Waals surface area contributed by atoms with Crippen molar-refractivity contribution in [2.75, 3.05) is 7.11 Å². The first-order chi connectivity index (χ1) is 5.88. The fraction of sp³-hybridized carbons (Fsp3) is 0.556. The lowest BCUT2D eigenvalue weighted by Gasteiger charge is -2.07. The minimum atomic E-state index is 0.767. The molecule has 0 bridgehead atoms. The molecule has 0 fully saturated rings. The van der Waals surface area contributed by atoms with E-state index in [9.17, 15) is 0 Å². The monoisotopic (exact) mass is 168 g/mol. The molecule has 1 aromatic rings. The van der Waals surface area contributed by atoms with E-state index in [-0.39, 0.29) is 0 Å². The first-order valence-electron chi connectivity index (χ1n) is 4.28. The van der Waals surface area contributed by atoms with Gasteiger partial charge in [-0.2, -0.15) is 5.48 Å². The Bertz CT molecular complexity index is 220. The van der Waals surface area contributed by atoms with Gasteiger partial charge in [-0.1, -0.05) is 6.92 Å². The summed E-state index contributed by atoms with van der Waals surface area (Å²) in [5, 5.41) is 0. The third kappa shape index (κ3) is 2.36. The minimum Gasteiger partial charge on any atom is -0.350 e. The third-order valence-electron chi connectivity index (χ3n) is 1.79. The molecule has 0 unspecified atom stereocenters. The van der Waals surface area contributed by atoms with Crippen molar-refractivity contribution in [2.45, 2.75) is 26.4 Å². The Morgan fingerprint density at radius 3 is 3.08 bits per heavy atom. The largest absolute Gasteiger partial charge is 0.350 e. The van der Waals surface area contributed by atoms with Crippen LogP contribution in [0.5, 0.6) is 0 Å². The Labute approximate surface area is 73.3 Å². The van der Waals surface area contributed by atoms with E-state index < -0.39 is 0 Å². The van der Waals surface area contributed by atoms with Crippen LogP contribution in [0.3, 0.4) is 0 Å². The van der Waals surface area contributed by atoms with Gasteiger partial charge in [-0.3, -0.25) is 0 Å². The molecular weight excluding hydrogens is 152 g/mol. The summed E-state index contributed by atoms with van der Waals surface area (Å²) in [5.74, 6) is 0. The quantitative estimate of drug-likeness (QED) is 0.675. The fourth-order valence-corrected chi connectivity index (χ4v) is 1.22. The first kappa shape index (κ1) is 9.29. The van der Waals surface area contributed by atoms with E-state index in [1.165, 1.54) is 5.69 Å². The third-order valence-corrected chi connectivity index (χ3v) is 1.79. The summed E-state index contributed by atoms with van der Waals surface area (Å²) >= 11 is 0. The molecule has 12 heavy (non-hydrogen) atoms. The minimum absolute atomic E-state index is 0.767. The summed E-state index contributed by atoms with van der Waals surface area (Å²) in [7, 11) is 1.63. The van der Waals surface area contributed by atoms with Crippen LogP contribution >= 0.6 is 0 Å². The van der Waals surface area contributed by atoms with Crippen LogP contribution < -0.4 is 5.48 Å². The Hall–Kier alpha value is -0.800. The van der Waals surface area contributed by atoms with Gasteiger partial charge in [0, 0.05) is 18.4 Å². The second-order valence-electron chi connectivity index (χ2n) is 2.72. The highest BCUT2D eigenvalue weighted by Crippen LogP contribution is 2.02. The van der Waals surface area contributed by atoms with E-state index in [2.05, 4.69) is 35.3 Å². The molecule has 0 aliphatic heterocycles. The van der Waals surface area contributed by atoms with Crippen molar-refractivity contribution < 1.29 is 4.84 Å². The Balaban J connectivity index is 2.51. The normalized spacial score (nSPS) is 10.5. The van der Waals surface area contributed by atoms with Crippen molar-refractivity contribution in [1.82, 2.24) is 10.0 Å². The van der Waals surface area contributed by atoms with Crippen LogP contribution in [-0.4, -0.2) is 11.7 Å². The summed E-state index contributed by atoms with van der Waals surface area (Å²) in [5.41, 5.74) is 4.09. The summed E-state index contributed by atoms with van der Waals surface area (Å²) in [6.45, 7) is 4.02. The zero-order chi connectivity index (χ0) is 8.81. The lowest BCUT2D eigenvalue weighted by Crippen LogP contribution is -2.14. The van der Waals surface area contributed by atoms with E-state index in [0.717, 1.165) is 19.5 Å². The average Bonchev–Trinajstić information content (AvgIpc) is 2.50.